The minimum absolute atomic E-state index is 0.120. The Bertz CT molecular complexity index is 907. The van der Waals surface area contributed by atoms with E-state index in [-0.39, 0.29) is 17.9 Å². The Balaban J connectivity index is 1.94. The zero-order valence-electron chi connectivity index (χ0n) is 14.2. The summed E-state index contributed by atoms with van der Waals surface area (Å²) in [5.74, 6) is 0.986. The number of carbonyl (C=O) groups is 1. The summed E-state index contributed by atoms with van der Waals surface area (Å²) < 4.78 is 7.15. The summed E-state index contributed by atoms with van der Waals surface area (Å²) in [6, 6.07) is 10.3. The third-order valence-electron chi connectivity index (χ3n) is 3.98. The van der Waals surface area contributed by atoms with Crippen LogP contribution < -0.4 is 10.1 Å². The summed E-state index contributed by atoms with van der Waals surface area (Å²) in [5, 5.41) is 12.0. The largest absolute Gasteiger partial charge is 0.496 e. The van der Waals surface area contributed by atoms with Crippen LogP contribution in [0.25, 0.3) is 5.65 Å². The number of rotatable bonds is 5. The van der Waals surface area contributed by atoms with E-state index in [4.69, 9.17) is 16.3 Å². The Hall–Kier alpha value is -2.60. The highest BCUT2D eigenvalue weighted by Gasteiger charge is 2.25. The van der Waals surface area contributed by atoms with E-state index in [0.717, 1.165) is 5.65 Å². The lowest BCUT2D eigenvalue weighted by Gasteiger charge is -2.21. The molecule has 0 aliphatic carbocycles. The van der Waals surface area contributed by atoms with E-state index < -0.39 is 0 Å². The highest BCUT2D eigenvalue weighted by Crippen LogP contribution is 2.26. The lowest BCUT2D eigenvalue weighted by molar-refractivity contribution is 0.0919. The fraction of sp³-hybridized carbons (Fsp3) is 0.278. The topological polar surface area (TPSA) is 68.5 Å². The van der Waals surface area contributed by atoms with Gasteiger partial charge in [-0.15, -0.1) is 10.2 Å². The molecule has 0 fully saturated rings. The van der Waals surface area contributed by atoms with Crippen LogP contribution in [0.1, 0.15) is 36.1 Å². The number of aromatic nitrogens is 3. The summed E-state index contributed by atoms with van der Waals surface area (Å²) in [4.78, 5) is 12.8. The molecule has 0 saturated carbocycles. The zero-order chi connectivity index (χ0) is 18.0. The maximum absolute atomic E-state index is 12.8. The first-order chi connectivity index (χ1) is 12.0. The first-order valence-corrected chi connectivity index (χ1v) is 8.33. The van der Waals surface area contributed by atoms with Crippen molar-refractivity contribution in [2.24, 2.45) is 5.92 Å². The van der Waals surface area contributed by atoms with Crippen molar-refractivity contribution in [3.8, 4) is 5.75 Å². The van der Waals surface area contributed by atoms with E-state index in [9.17, 15) is 4.79 Å². The van der Waals surface area contributed by atoms with Crippen molar-refractivity contribution in [3.63, 3.8) is 0 Å². The van der Waals surface area contributed by atoms with Crippen molar-refractivity contribution in [2.75, 3.05) is 7.11 Å². The van der Waals surface area contributed by atoms with Gasteiger partial charge in [-0.3, -0.25) is 9.20 Å². The first kappa shape index (κ1) is 17.2. The van der Waals surface area contributed by atoms with Gasteiger partial charge >= 0.3 is 0 Å². The van der Waals surface area contributed by atoms with Gasteiger partial charge in [-0.2, -0.15) is 0 Å². The molecule has 0 bridgehead atoms. The van der Waals surface area contributed by atoms with Gasteiger partial charge in [0.2, 0.25) is 0 Å². The molecule has 2 aromatic heterocycles. The minimum atomic E-state index is -0.301. The smallest absolute Gasteiger partial charge is 0.255 e. The van der Waals surface area contributed by atoms with Crippen LogP contribution >= 0.6 is 11.6 Å². The average Bonchev–Trinajstić information content (AvgIpc) is 3.02. The van der Waals surface area contributed by atoms with Crippen LogP contribution in [0.3, 0.4) is 0 Å². The number of hydrogen-bond donors (Lipinski definition) is 1. The van der Waals surface area contributed by atoms with Crippen molar-refractivity contribution in [2.45, 2.75) is 19.9 Å². The molecule has 1 N–H and O–H groups in total. The van der Waals surface area contributed by atoms with Crippen LogP contribution in [0.2, 0.25) is 5.02 Å². The zero-order valence-corrected chi connectivity index (χ0v) is 15.0. The number of nitrogens with one attached hydrogen (secondary N) is 1. The predicted octanol–water partition coefficient (Wildman–Crippen LogP) is 3.52. The number of carbonyl (C=O) groups excluding carboxylic acids is 1. The third kappa shape index (κ3) is 3.44. The van der Waals surface area contributed by atoms with E-state index in [1.165, 1.54) is 7.11 Å². The van der Waals surface area contributed by atoms with Crippen LogP contribution in [0.15, 0.2) is 42.6 Å². The van der Waals surface area contributed by atoms with Gasteiger partial charge in [0.1, 0.15) is 5.75 Å². The van der Waals surface area contributed by atoms with Crippen LogP contribution in [0.5, 0.6) is 5.75 Å². The molecular formula is C18H19ClN4O2. The number of methoxy groups -OCH3 is 1. The van der Waals surface area contributed by atoms with E-state index in [1.54, 1.807) is 18.2 Å². The van der Waals surface area contributed by atoms with E-state index >= 15 is 0 Å². The number of halogens is 1. The third-order valence-corrected chi connectivity index (χ3v) is 4.21. The van der Waals surface area contributed by atoms with Crippen molar-refractivity contribution in [3.05, 3.63) is 59.0 Å². The molecule has 7 heteroatoms. The van der Waals surface area contributed by atoms with Crippen molar-refractivity contribution in [1.82, 2.24) is 19.9 Å². The maximum Gasteiger partial charge on any atom is 0.255 e. The fourth-order valence-corrected chi connectivity index (χ4v) is 2.84. The van der Waals surface area contributed by atoms with E-state index in [0.29, 0.717) is 22.2 Å². The van der Waals surface area contributed by atoms with Gasteiger partial charge in [-0.25, -0.2) is 0 Å². The molecule has 0 spiro atoms. The molecule has 0 saturated heterocycles. The molecule has 2 heterocycles. The van der Waals surface area contributed by atoms with Gasteiger partial charge in [0.15, 0.2) is 11.5 Å². The molecular weight excluding hydrogens is 340 g/mol. The molecule has 3 aromatic rings. The van der Waals surface area contributed by atoms with Gasteiger partial charge in [0.25, 0.3) is 5.91 Å². The lowest BCUT2D eigenvalue weighted by atomic mass is 10.0. The highest BCUT2D eigenvalue weighted by molar-refractivity contribution is 6.30. The van der Waals surface area contributed by atoms with E-state index in [2.05, 4.69) is 15.5 Å². The molecule has 6 nitrogen and oxygen atoms in total. The highest BCUT2D eigenvalue weighted by atomic mass is 35.5. The fourth-order valence-electron chi connectivity index (χ4n) is 2.67. The lowest BCUT2D eigenvalue weighted by Crippen LogP contribution is -2.33. The normalized spacial score (nSPS) is 12.4. The molecule has 0 radical (unpaired) electrons. The van der Waals surface area contributed by atoms with Crippen molar-refractivity contribution < 1.29 is 9.53 Å². The number of ether oxygens (including phenoxy) is 1. The summed E-state index contributed by atoms with van der Waals surface area (Å²) in [6.07, 6.45) is 1.88. The maximum atomic E-state index is 12.8. The Morgan fingerprint density at radius 3 is 2.76 bits per heavy atom. The van der Waals surface area contributed by atoms with Gasteiger partial charge < -0.3 is 10.1 Å². The van der Waals surface area contributed by atoms with Gasteiger partial charge in [0, 0.05) is 11.2 Å². The Labute approximate surface area is 150 Å². The molecule has 130 valence electrons. The first-order valence-electron chi connectivity index (χ1n) is 7.95. The molecule has 1 aromatic carbocycles. The second-order valence-electron chi connectivity index (χ2n) is 6.03. The van der Waals surface area contributed by atoms with E-state index in [1.807, 2.05) is 42.6 Å². The molecule has 3 rings (SSSR count). The average molecular weight is 359 g/mol. The Kier molecular flexibility index (Phi) is 4.90. The molecule has 1 atom stereocenters. The number of pyridine rings is 1. The van der Waals surface area contributed by atoms with Crippen LogP contribution in [0.4, 0.5) is 0 Å². The number of fused-ring (bicyclic) bond motifs is 1. The minimum Gasteiger partial charge on any atom is -0.496 e. The number of hydrogen-bond acceptors (Lipinski definition) is 4. The van der Waals surface area contributed by atoms with Crippen molar-refractivity contribution in [1.29, 1.82) is 0 Å². The van der Waals surface area contributed by atoms with Crippen LogP contribution in [-0.4, -0.2) is 27.6 Å². The molecule has 0 aliphatic heterocycles. The van der Waals surface area contributed by atoms with Gasteiger partial charge in [-0.1, -0.05) is 31.5 Å². The van der Waals surface area contributed by atoms with Gasteiger partial charge in [0.05, 0.1) is 18.7 Å². The van der Waals surface area contributed by atoms with Crippen molar-refractivity contribution >= 4 is 23.2 Å². The molecule has 0 aliphatic rings. The molecule has 1 unspecified atom stereocenters. The second-order valence-corrected chi connectivity index (χ2v) is 6.46. The molecule has 25 heavy (non-hydrogen) atoms. The Morgan fingerprint density at radius 1 is 1.24 bits per heavy atom. The second kappa shape index (κ2) is 7.11. The summed E-state index contributed by atoms with van der Waals surface area (Å²) in [6.45, 7) is 4.04. The van der Waals surface area contributed by atoms with Gasteiger partial charge in [-0.05, 0) is 36.2 Å². The number of nitrogens with zero attached hydrogens (tertiary/aromatic N) is 3. The summed E-state index contributed by atoms with van der Waals surface area (Å²) in [5.41, 5.74) is 1.16. The Morgan fingerprint density at radius 2 is 2.04 bits per heavy atom. The SMILES string of the molecule is COc1cc(Cl)ccc1C(=O)NC(c1nnc2ccccn12)C(C)C. The quantitative estimate of drug-likeness (QED) is 0.757. The monoisotopic (exact) mass is 358 g/mol. The van der Waals surface area contributed by atoms with Crippen LogP contribution in [0, 0.1) is 5.92 Å². The summed E-state index contributed by atoms with van der Waals surface area (Å²) >= 11 is 5.97. The number of benzene rings is 1. The molecule has 1 amide bonds. The van der Waals surface area contributed by atoms with Crippen LogP contribution in [-0.2, 0) is 0 Å². The number of amides is 1. The summed E-state index contributed by atoms with van der Waals surface area (Å²) in [7, 11) is 1.51. The predicted molar refractivity (Wildman–Crippen MR) is 96.0 cm³/mol. The standard InChI is InChI=1S/C18H19ClN4O2/c1-11(2)16(17-22-21-15-6-4-5-9-23(15)17)20-18(24)13-8-7-12(19)10-14(13)25-3/h4-11,16H,1-3H3,(H,20,24).